The van der Waals surface area contributed by atoms with E-state index in [1.807, 2.05) is 30.3 Å². The number of fused-ring (bicyclic) bond motifs is 1. The molecule has 0 fully saturated rings. The molecule has 1 atom stereocenters. The summed E-state index contributed by atoms with van der Waals surface area (Å²) in [7, 11) is 1.77. The third-order valence-electron chi connectivity index (χ3n) is 3.84. The Morgan fingerprint density at radius 3 is 2.71 bits per heavy atom. The molecule has 0 radical (unpaired) electrons. The van der Waals surface area contributed by atoms with Gasteiger partial charge in [0, 0.05) is 31.2 Å². The normalized spacial score (nSPS) is 18.5. The maximum Gasteiger partial charge on any atom is 0.140 e. The zero-order valence-corrected chi connectivity index (χ0v) is 13.9. The maximum absolute atomic E-state index is 5.05. The highest BCUT2D eigenvalue weighted by molar-refractivity contribution is 7.12. The molecule has 4 rings (SSSR count). The van der Waals surface area contributed by atoms with Crippen LogP contribution in [0.1, 0.15) is 22.0 Å². The number of thiophene rings is 1. The van der Waals surface area contributed by atoms with Gasteiger partial charge in [-0.2, -0.15) is 0 Å². The molecule has 1 aliphatic rings. The number of aromatic nitrogens is 2. The molecule has 1 N–H and O–H groups in total. The third kappa shape index (κ3) is 2.61. The molecule has 6 heteroatoms. The Morgan fingerprint density at radius 2 is 1.96 bits per heavy atom. The molecular formula is C18H15N5S. The van der Waals surface area contributed by atoms with Gasteiger partial charge in [-0.25, -0.2) is 4.98 Å². The van der Waals surface area contributed by atoms with Gasteiger partial charge in [0.25, 0.3) is 0 Å². The van der Waals surface area contributed by atoms with Crippen LogP contribution >= 0.6 is 11.3 Å². The number of aliphatic imine (C=N–C) groups is 2. The van der Waals surface area contributed by atoms with Crippen molar-refractivity contribution in [2.45, 2.75) is 6.04 Å². The van der Waals surface area contributed by atoms with E-state index < -0.39 is 0 Å². The molecule has 1 unspecified atom stereocenters. The summed E-state index contributed by atoms with van der Waals surface area (Å²) in [5.41, 5.74) is 2.96. The van der Waals surface area contributed by atoms with Crippen LogP contribution in [0.3, 0.4) is 0 Å². The molecule has 0 saturated heterocycles. The predicted molar refractivity (Wildman–Crippen MR) is 98.2 cm³/mol. The molecular weight excluding hydrogens is 318 g/mol. The molecule has 3 aromatic rings. The van der Waals surface area contributed by atoms with Crippen molar-refractivity contribution in [2.75, 3.05) is 12.4 Å². The fourth-order valence-corrected chi connectivity index (χ4v) is 3.45. The Labute approximate surface area is 143 Å². The van der Waals surface area contributed by atoms with Crippen LogP contribution in [-0.2, 0) is 0 Å². The highest BCUT2D eigenvalue weighted by atomic mass is 32.1. The molecule has 0 spiro atoms. The zero-order chi connectivity index (χ0) is 16.4. The van der Waals surface area contributed by atoms with Crippen molar-refractivity contribution in [1.29, 1.82) is 0 Å². The lowest BCUT2D eigenvalue weighted by atomic mass is 10.1. The lowest BCUT2D eigenvalue weighted by molar-refractivity contribution is 0.950. The van der Waals surface area contributed by atoms with Gasteiger partial charge in [0.15, 0.2) is 0 Å². The van der Waals surface area contributed by atoms with Crippen molar-refractivity contribution in [3.8, 4) is 0 Å². The summed E-state index contributed by atoms with van der Waals surface area (Å²) in [6.07, 6.45) is 5.33. The Bertz CT molecular complexity index is 900. The number of nitrogens with one attached hydrogen (secondary N) is 1. The number of rotatable bonds is 2. The lowest BCUT2D eigenvalue weighted by Gasteiger charge is -2.14. The van der Waals surface area contributed by atoms with Gasteiger partial charge in [-0.1, -0.05) is 6.07 Å². The van der Waals surface area contributed by atoms with E-state index in [1.165, 1.54) is 0 Å². The molecule has 0 bridgehead atoms. The zero-order valence-electron chi connectivity index (χ0n) is 13.0. The highest BCUT2D eigenvalue weighted by Crippen LogP contribution is 2.30. The molecule has 5 nitrogen and oxygen atoms in total. The van der Waals surface area contributed by atoms with Crippen LogP contribution in [0.5, 0.6) is 0 Å². The summed E-state index contributed by atoms with van der Waals surface area (Å²) in [5.74, 6) is 1.55. The summed E-state index contributed by atoms with van der Waals surface area (Å²) in [4.78, 5) is 19.2. The Balaban J connectivity index is 1.94. The largest absolute Gasteiger partial charge is 0.326 e. The number of nitrogens with zero attached hydrogens (tertiary/aromatic N) is 4. The third-order valence-corrected chi connectivity index (χ3v) is 4.72. The fourth-order valence-electron chi connectivity index (χ4n) is 2.71. The van der Waals surface area contributed by atoms with Crippen LogP contribution in [-0.4, -0.2) is 28.6 Å². The Kier molecular flexibility index (Phi) is 3.88. The number of hydrogen-bond acceptors (Lipinski definition) is 5. The van der Waals surface area contributed by atoms with Gasteiger partial charge < -0.3 is 5.32 Å². The number of anilines is 1. The minimum absolute atomic E-state index is 0.218. The van der Waals surface area contributed by atoms with Crippen molar-refractivity contribution in [2.24, 2.45) is 9.98 Å². The second-order valence-corrected chi connectivity index (χ2v) is 6.22. The summed E-state index contributed by atoms with van der Waals surface area (Å²) in [5, 5.41) is 5.42. The topological polar surface area (TPSA) is 62.5 Å². The van der Waals surface area contributed by atoms with E-state index in [1.54, 1.807) is 37.0 Å². The van der Waals surface area contributed by atoms with Crippen LogP contribution in [0.15, 0.2) is 70.4 Å². The molecule has 0 aliphatic carbocycles. The predicted octanol–water partition coefficient (Wildman–Crippen LogP) is 3.57. The van der Waals surface area contributed by atoms with Gasteiger partial charge in [-0.15, -0.1) is 11.3 Å². The Hall–Kier alpha value is -2.86. The minimum atomic E-state index is -0.218. The van der Waals surface area contributed by atoms with Crippen LogP contribution in [0.25, 0.3) is 0 Å². The quantitative estimate of drug-likeness (QED) is 0.780. The Morgan fingerprint density at radius 1 is 1.08 bits per heavy atom. The van der Waals surface area contributed by atoms with E-state index in [0.717, 1.165) is 33.4 Å². The van der Waals surface area contributed by atoms with Crippen LogP contribution in [0.2, 0.25) is 0 Å². The van der Waals surface area contributed by atoms with Gasteiger partial charge in [-0.3, -0.25) is 15.0 Å². The molecule has 0 aromatic carbocycles. The van der Waals surface area contributed by atoms with Crippen molar-refractivity contribution in [1.82, 2.24) is 9.97 Å². The first-order chi connectivity index (χ1) is 11.9. The van der Waals surface area contributed by atoms with E-state index in [9.17, 15) is 0 Å². The van der Waals surface area contributed by atoms with Crippen LogP contribution < -0.4 is 5.32 Å². The first-order valence-electron chi connectivity index (χ1n) is 7.57. The first kappa shape index (κ1) is 14.7. The smallest absolute Gasteiger partial charge is 0.140 e. The van der Waals surface area contributed by atoms with Gasteiger partial charge in [0.05, 0.1) is 10.6 Å². The molecule has 118 valence electrons. The monoisotopic (exact) mass is 333 g/mol. The minimum Gasteiger partial charge on any atom is -0.326 e. The average Bonchev–Trinajstić information content (AvgIpc) is 3.11. The SMILES string of the molecule is CN=C1Nc2ncccc2C(c2cccs2)=NC1c1ccncc1. The average molecular weight is 333 g/mol. The summed E-state index contributed by atoms with van der Waals surface area (Å²) >= 11 is 1.67. The summed E-state index contributed by atoms with van der Waals surface area (Å²) < 4.78 is 0. The maximum atomic E-state index is 5.05. The second-order valence-electron chi connectivity index (χ2n) is 5.27. The van der Waals surface area contributed by atoms with E-state index in [2.05, 4.69) is 31.7 Å². The van der Waals surface area contributed by atoms with Crippen molar-refractivity contribution >= 4 is 28.7 Å². The number of hydrogen-bond donors (Lipinski definition) is 1. The van der Waals surface area contributed by atoms with Crippen molar-refractivity contribution in [3.05, 3.63) is 76.4 Å². The van der Waals surface area contributed by atoms with Gasteiger partial charge >= 0.3 is 0 Å². The first-order valence-corrected chi connectivity index (χ1v) is 8.45. The van der Waals surface area contributed by atoms with E-state index in [4.69, 9.17) is 4.99 Å². The molecule has 0 saturated carbocycles. The van der Waals surface area contributed by atoms with Gasteiger partial charge in [0.2, 0.25) is 0 Å². The molecule has 1 aliphatic heterocycles. The molecule has 0 amide bonds. The highest BCUT2D eigenvalue weighted by Gasteiger charge is 2.26. The summed E-state index contributed by atoms with van der Waals surface area (Å²) in [6.45, 7) is 0. The lowest BCUT2D eigenvalue weighted by Crippen LogP contribution is -2.20. The number of amidine groups is 1. The molecule has 4 heterocycles. The standard InChI is InChI=1S/C18H15N5S/c1-19-18-15(12-6-9-20-10-7-12)22-16(14-5-3-11-24-14)13-4-2-8-21-17(13)23-18/h2-11,15H,1H3,(H,19,21,23). The second kappa shape index (κ2) is 6.33. The van der Waals surface area contributed by atoms with Gasteiger partial charge in [-0.05, 0) is 41.3 Å². The van der Waals surface area contributed by atoms with Crippen LogP contribution in [0.4, 0.5) is 5.82 Å². The van der Waals surface area contributed by atoms with E-state index >= 15 is 0 Å². The van der Waals surface area contributed by atoms with E-state index in [0.29, 0.717) is 0 Å². The number of pyridine rings is 2. The summed E-state index contributed by atoms with van der Waals surface area (Å²) in [6, 6.07) is 11.8. The van der Waals surface area contributed by atoms with Crippen LogP contribution in [0, 0.1) is 0 Å². The molecule has 24 heavy (non-hydrogen) atoms. The van der Waals surface area contributed by atoms with E-state index in [-0.39, 0.29) is 6.04 Å². The van der Waals surface area contributed by atoms with Crippen molar-refractivity contribution < 1.29 is 0 Å². The fraction of sp³-hybridized carbons (Fsp3) is 0.111. The van der Waals surface area contributed by atoms with Crippen molar-refractivity contribution in [3.63, 3.8) is 0 Å². The van der Waals surface area contributed by atoms with Gasteiger partial charge in [0.1, 0.15) is 17.7 Å². The molecule has 3 aromatic heterocycles.